The third kappa shape index (κ3) is 2.76. The standard InChI is InChI=1S/C19H18N2O3/c1-3-21-17-10-5-4-9-15(17)18(22)16(19(21)23)12-20-13-7-6-8-14(11-13)24-2/h4-12,22H,3H2,1-2H3. The van der Waals surface area contributed by atoms with Gasteiger partial charge in [-0.2, -0.15) is 0 Å². The first-order valence-corrected chi connectivity index (χ1v) is 7.68. The SMILES string of the molecule is CCn1c(=O)c(C=Nc2cccc(OC)c2)c(O)c2ccccc21. The third-order valence-electron chi connectivity index (χ3n) is 3.89. The van der Waals surface area contributed by atoms with Gasteiger partial charge in [-0.05, 0) is 31.2 Å². The van der Waals surface area contributed by atoms with Gasteiger partial charge in [-0.1, -0.05) is 18.2 Å². The van der Waals surface area contributed by atoms with Crippen molar-refractivity contribution in [3.63, 3.8) is 0 Å². The molecule has 5 nitrogen and oxygen atoms in total. The van der Waals surface area contributed by atoms with Gasteiger partial charge < -0.3 is 14.4 Å². The number of aliphatic imine (C=N–C) groups is 1. The van der Waals surface area contributed by atoms with E-state index >= 15 is 0 Å². The van der Waals surface area contributed by atoms with E-state index in [0.717, 1.165) is 0 Å². The summed E-state index contributed by atoms with van der Waals surface area (Å²) in [7, 11) is 1.58. The van der Waals surface area contributed by atoms with Gasteiger partial charge >= 0.3 is 0 Å². The fourth-order valence-corrected chi connectivity index (χ4v) is 2.67. The lowest BCUT2D eigenvalue weighted by Crippen LogP contribution is -2.23. The Kier molecular flexibility index (Phi) is 4.33. The van der Waals surface area contributed by atoms with Crippen LogP contribution in [0.3, 0.4) is 0 Å². The molecule has 5 heteroatoms. The Bertz CT molecular complexity index is 974. The van der Waals surface area contributed by atoms with Crippen LogP contribution in [0.4, 0.5) is 5.69 Å². The van der Waals surface area contributed by atoms with E-state index in [4.69, 9.17) is 4.74 Å². The number of aryl methyl sites for hydroxylation is 1. The van der Waals surface area contributed by atoms with Gasteiger partial charge in [0.05, 0.1) is 18.3 Å². The van der Waals surface area contributed by atoms with Crippen LogP contribution in [-0.4, -0.2) is 23.0 Å². The monoisotopic (exact) mass is 322 g/mol. The van der Waals surface area contributed by atoms with Crippen molar-refractivity contribution >= 4 is 22.8 Å². The molecule has 0 radical (unpaired) electrons. The quantitative estimate of drug-likeness (QED) is 0.748. The first-order chi connectivity index (χ1) is 11.7. The minimum atomic E-state index is -0.264. The Labute approximate surface area is 139 Å². The van der Waals surface area contributed by atoms with E-state index in [-0.39, 0.29) is 16.9 Å². The highest BCUT2D eigenvalue weighted by atomic mass is 16.5. The van der Waals surface area contributed by atoms with Gasteiger partial charge in [-0.25, -0.2) is 0 Å². The Morgan fingerprint density at radius 3 is 2.75 bits per heavy atom. The number of aromatic nitrogens is 1. The summed E-state index contributed by atoms with van der Waals surface area (Å²) in [5.74, 6) is 0.630. The number of ether oxygens (including phenoxy) is 1. The average Bonchev–Trinajstić information content (AvgIpc) is 2.62. The summed E-state index contributed by atoms with van der Waals surface area (Å²) in [4.78, 5) is 17.0. The van der Waals surface area contributed by atoms with Gasteiger partial charge in [0.25, 0.3) is 5.56 Å². The zero-order valence-corrected chi connectivity index (χ0v) is 13.6. The van der Waals surface area contributed by atoms with Crippen LogP contribution in [0.1, 0.15) is 12.5 Å². The lowest BCUT2D eigenvalue weighted by molar-refractivity contribution is 0.415. The molecule has 0 atom stereocenters. The van der Waals surface area contributed by atoms with E-state index in [1.807, 2.05) is 37.3 Å². The summed E-state index contributed by atoms with van der Waals surface area (Å²) < 4.78 is 6.79. The molecular weight excluding hydrogens is 304 g/mol. The Hall–Kier alpha value is -3.08. The lowest BCUT2D eigenvalue weighted by atomic mass is 10.1. The van der Waals surface area contributed by atoms with Crippen LogP contribution < -0.4 is 10.3 Å². The molecule has 1 aromatic heterocycles. The fraction of sp³-hybridized carbons (Fsp3) is 0.158. The molecule has 0 aliphatic carbocycles. The van der Waals surface area contributed by atoms with E-state index in [1.54, 1.807) is 29.9 Å². The molecule has 1 heterocycles. The van der Waals surface area contributed by atoms with E-state index in [9.17, 15) is 9.90 Å². The molecule has 0 aliphatic heterocycles. The number of fused-ring (bicyclic) bond motifs is 1. The van der Waals surface area contributed by atoms with Crippen molar-refractivity contribution in [1.82, 2.24) is 4.57 Å². The summed E-state index contributed by atoms with van der Waals surface area (Å²) >= 11 is 0. The van der Waals surface area contributed by atoms with Crippen LogP contribution in [-0.2, 0) is 6.54 Å². The number of hydrogen-bond donors (Lipinski definition) is 1. The fourth-order valence-electron chi connectivity index (χ4n) is 2.67. The third-order valence-corrected chi connectivity index (χ3v) is 3.89. The second kappa shape index (κ2) is 6.58. The molecular formula is C19H18N2O3. The molecule has 0 fully saturated rings. The average molecular weight is 322 g/mol. The van der Waals surface area contributed by atoms with Crippen LogP contribution in [0.15, 0.2) is 58.3 Å². The largest absolute Gasteiger partial charge is 0.506 e. The predicted molar refractivity (Wildman–Crippen MR) is 95.8 cm³/mol. The number of para-hydroxylation sites is 1. The molecule has 122 valence electrons. The molecule has 0 bridgehead atoms. The molecule has 0 amide bonds. The normalized spacial score (nSPS) is 11.2. The Balaban J connectivity index is 2.15. The molecule has 0 aliphatic rings. The van der Waals surface area contributed by atoms with Gasteiger partial charge in [0.15, 0.2) is 0 Å². The van der Waals surface area contributed by atoms with Gasteiger partial charge in [0.2, 0.25) is 0 Å². The van der Waals surface area contributed by atoms with Gasteiger partial charge in [0, 0.05) is 24.2 Å². The van der Waals surface area contributed by atoms with E-state index in [1.165, 1.54) is 6.21 Å². The second-order valence-corrected chi connectivity index (χ2v) is 5.29. The van der Waals surface area contributed by atoms with Crippen LogP contribution in [0.5, 0.6) is 11.5 Å². The number of nitrogens with zero attached hydrogens (tertiary/aromatic N) is 2. The molecule has 2 aromatic carbocycles. The number of pyridine rings is 1. The van der Waals surface area contributed by atoms with Crippen LogP contribution >= 0.6 is 0 Å². The van der Waals surface area contributed by atoms with Gasteiger partial charge in [-0.15, -0.1) is 0 Å². The van der Waals surface area contributed by atoms with Gasteiger partial charge in [0.1, 0.15) is 17.1 Å². The smallest absolute Gasteiger partial charge is 0.263 e. The summed E-state index contributed by atoms with van der Waals surface area (Å²) in [6.45, 7) is 2.41. The molecule has 1 N–H and O–H groups in total. The highest BCUT2D eigenvalue weighted by Gasteiger charge is 2.13. The zero-order valence-electron chi connectivity index (χ0n) is 13.6. The molecule has 0 saturated carbocycles. The minimum absolute atomic E-state index is 0.0491. The van der Waals surface area contributed by atoms with Crippen molar-refractivity contribution < 1.29 is 9.84 Å². The predicted octanol–water partition coefficient (Wildman–Crippen LogP) is 3.49. The number of rotatable bonds is 4. The van der Waals surface area contributed by atoms with Crippen molar-refractivity contribution in [2.75, 3.05) is 7.11 Å². The van der Waals surface area contributed by atoms with Gasteiger partial charge in [-0.3, -0.25) is 9.79 Å². The van der Waals surface area contributed by atoms with Crippen molar-refractivity contribution in [1.29, 1.82) is 0 Å². The maximum absolute atomic E-state index is 12.7. The highest BCUT2D eigenvalue weighted by Crippen LogP contribution is 2.26. The number of aromatic hydroxyl groups is 1. The van der Waals surface area contributed by atoms with E-state index < -0.39 is 0 Å². The molecule has 24 heavy (non-hydrogen) atoms. The molecule has 3 aromatic rings. The Morgan fingerprint density at radius 1 is 1.21 bits per heavy atom. The summed E-state index contributed by atoms with van der Waals surface area (Å²) in [6, 6.07) is 14.5. The number of methoxy groups -OCH3 is 1. The topological polar surface area (TPSA) is 63.8 Å². The minimum Gasteiger partial charge on any atom is -0.506 e. The van der Waals surface area contributed by atoms with Crippen molar-refractivity contribution in [3.8, 4) is 11.5 Å². The highest BCUT2D eigenvalue weighted by molar-refractivity contribution is 5.95. The summed E-state index contributed by atoms with van der Waals surface area (Å²) in [6.07, 6.45) is 1.41. The van der Waals surface area contributed by atoms with Crippen molar-refractivity contribution in [2.45, 2.75) is 13.5 Å². The second-order valence-electron chi connectivity index (χ2n) is 5.29. The lowest BCUT2D eigenvalue weighted by Gasteiger charge is -2.11. The number of hydrogen-bond acceptors (Lipinski definition) is 4. The maximum atomic E-state index is 12.7. The van der Waals surface area contributed by atoms with Crippen LogP contribution in [0.2, 0.25) is 0 Å². The van der Waals surface area contributed by atoms with Crippen LogP contribution in [0.25, 0.3) is 10.9 Å². The van der Waals surface area contributed by atoms with Crippen LogP contribution in [0, 0.1) is 0 Å². The number of benzene rings is 2. The molecule has 0 spiro atoms. The molecule has 0 unspecified atom stereocenters. The molecule has 0 saturated heterocycles. The van der Waals surface area contributed by atoms with E-state index in [0.29, 0.717) is 28.9 Å². The molecule has 3 rings (SSSR count). The van der Waals surface area contributed by atoms with E-state index in [2.05, 4.69) is 4.99 Å². The first-order valence-electron chi connectivity index (χ1n) is 7.68. The van der Waals surface area contributed by atoms with Crippen molar-refractivity contribution in [3.05, 3.63) is 64.4 Å². The summed E-state index contributed by atoms with van der Waals surface area (Å²) in [5.41, 5.74) is 1.27. The maximum Gasteiger partial charge on any atom is 0.263 e. The zero-order chi connectivity index (χ0) is 17.1. The Morgan fingerprint density at radius 2 is 2.00 bits per heavy atom. The first kappa shape index (κ1) is 15.8. The van der Waals surface area contributed by atoms with Crippen molar-refractivity contribution in [2.24, 2.45) is 4.99 Å². The summed E-state index contributed by atoms with van der Waals surface area (Å²) in [5, 5.41) is 11.1.